The Balaban J connectivity index is 1.97. The van der Waals surface area contributed by atoms with Crippen LogP contribution in [0.15, 0.2) is 34.7 Å². The maximum absolute atomic E-state index is 5.56. The van der Waals surface area contributed by atoms with E-state index in [1.54, 1.807) is 11.6 Å². The molecule has 0 atom stereocenters. The van der Waals surface area contributed by atoms with E-state index >= 15 is 0 Å². The first-order valence-corrected chi connectivity index (χ1v) is 7.90. The van der Waals surface area contributed by atoms with Crippen molar-refractivity contribution >= 4 is 28.5 Å². The second-order valence-electron chi connectivity index (χ2n) is 4.65. The maximum atomic E-state index is 5.56. The molecule has 0 radical (unpaired) electrons. The van der Waals surface area contributed by atoms with E-state index in [1.807, 2.05) is 6.07 Å². The van der Waals surface area contributed by atoms with Gasteiger partial charge in [0, 0.05) is 11.9 Å². The Morgan fingerprint density at radius 1 is 1.38 bits per heavy atom. The summed E-state index contributed by atoms with van der Waals surface area (Å²) in [5.41, 5.74) is 10.8. The fourth-order valence-electron chi connectivity index (χ4n) is 1.98. The summed E-state index contributed by atoms with van der Waals surface area (Å²) in [5, 5.41) is 6.67. The van der Waals surface area contributed by atoms with E-state index in [2.05, 4.69) is 52.5 Å². The largest absolute Gasteiger partial charge is 0.383 e. The van der Waals surface area contributed by atoms with Crippen LogP contribution in [0, 0.1) is 0 Å². The molecule has 0 saturated carbocycles. The van der Waals surface area contributed by atoms with Crippen LogP contribution in [0.5, 0.6) is 0 Å². The topological polar surface area (TPSA) is 66.5 Å². The minimum Gasteiger partial charge on any atom is -0.383 e. The molecule has 3 N–H and O–H groups in total. The number of nitrogens with one attached hydrogen (secondary N) is 1. The van der Waals surface area contributed by atoms with Crippen molar-refractivity contribution in [2.24, 2.45) is 5.10 Å². The van der Waals surface area contributed by atoms with Crippen LogP contribution in [0.1, 0.15) is 25.0 Å². The summed E-state index contributed by atoms with van der Waals surface area (Å²) in [4.78, 5) is 6.47. The summed E-state index contributed by atoms with van der Waals surface area (Å²) in [6.07, 6.45) is 1.79. The molecule has 0 saturated heterocycles. The standard InChI is InChI=1S/C15H21N5S/c1-3-20(4-2)10-13-7-5-6-12(8-13)9-17-19-15-18-14(16)11-21-15/h5-9,11H,3-4,10,16H2,1-2H3,(H,18,19). The van der Waals surface area contributed by atoms with Gasteiger partial charge in [-0.05, 0) is 30.3 Å². The number of hydrazone groups is 1. The first kappa shape index (κ1) is 15.5. The Labute approximate surface area is 129 Å². The molecule has 0 fully saturated rings. The molecule has 5 nitrogen and oxygen atoms in total. The Hall–Kier alpha value is -1.92. The molecule has 1 heterocycles. The van der Waals surface area contributed by atoms with Gasteiger partial charge in [-0.2, -0.15) is 5.10 Å². The van der Waals surface area contributed by atoms with Crippen LogP contribution in [-0.2, 0) is 6.54 Å². The zero-order valence-electron chi connectivity index (χ0n) is 12.4. The number of thiazole rings is 1. The van der Waals surface area contributed by atoms with Gasteiger partial charge < -0.3 is 5.73 Å². The van der Waals surface area contributed by atoms with Crippen molar-refractivity contribution in [3.8, 4) is 0 Å². The van der Waals surface area contributed by atoms with Gasteiger partial charge in [0.15, 0.2) is 0 Å². The number of aromatic nitrogens is 1. The predicted octanol–water partition coefficient (Wildman–Crippen LogP) is 3.01. The van der Waals surface area contributed by atoms with E-state index in [4.69, 9.17) is 5.73 Å². The minimum absolute atomic E-state index is 0.513. The zero-order chi connectivity index (χ0) is 15.1. The van der Waals surface area contributed by atoms with Crippen molar-refractivity contribution in [1.29, 1.82) is 0 Å². The van der Waals surface area contributed by atoms with Gasteiger partial charge >= 0.3 is 0 Å². The molecule has 21 heavy (non-hydrogen) atoms. The number of nitrogen functional groups attached to an aromatic ring is 1. The van der Waals surface area contributed by atoms with Crippen molar-refractivity contribution in [3.05, 3.63) is 40.8 Å². The first-order valence-electron chi connectivity index (χ1n) is 7.02. The molecule has 6 heteroatoms. The lowest BCUT2D eigenvalue weighted by Crippen LogP contribution is -2.22. The predicted molar refractivity (Wildman–Crippen MR) is 90.8 cm³/mol. The highest BCUT2D eigenvalue weighted by Gasteiger charge is 2.01. The molecule has 0 spiro atoms. The normalized spacial score (nSPS) is 11.4. The van der Waals surface area contributed by atoms with Gasteiger partial charge in [0.2, 0.25) is 5.13 Å². The number of benzene rings is 1. The van der Waals surface area contributed by atoms with Crippen molar-refractivity contribution in [2.75, 3.05) is 24.2 Å². The molecule has 0 bridgehead atoms. The van der Waals surface area contributed by atoms with Gasteiger partial charge in [-0.25, -0.2) is 4.98 Å². The average molecular weight is 303 g/mol. The van der Waals surface area contributed by atoms with Crippen molar-refractivity contribution in [1.82, 2.24) is 9.88 Å². The van der Waals surface area contributed by atoms with Crippen molar-refractivity contribution < 1.29 is 0 Å². The van der Waals surface area contributed by atoms with E-state index in [0.717, 1.165) is 25.2 Å². The van der Waals surface area contributed by atoms with Gasteiger partial charge in [0.25, 0.3) is 0 Å². The van der Waals surface area contributed by atoms with Crippen LogP contribution in [0.25, 0.3) is 0 Å². The maximum Gasteiger partial charge on any atom is 0.205 e. The fourth-order valence-corrected chi connectivity index (χ4v) is 2.53. The van der Waals surface area contributed by atoms with E-state index in [0.29, 0.717) is 10.9 Å². The van der Waals surface area contributed by atoms with E-state index in [9.17, 15) is 0 Å². The summed E-state index contributed by atoms with van der Waals surface area (Å²) in [5.74, 6) is 0.513. The Bertz CT molecular complexity index is 589. The molecule has 112 valence electrons. The highest BCUT2D eigenvalue weighted by atomic mass is 32.1. The van der Waals surface area contributed by atoms with E-state index in [1.165, 1.54) is 16.9 Å². The number of nitrogens with zero attached hydrogens (tertiary/aromatic N) is 3. The average Bonchev–Trinajstić information content (AvgIpc) is 2.91. The zero-order valence-corrected chi connectivity index (χ0v) is 13.2. The van der Waals surface area contributed by atoms with Gasteiger partial charge in [-0.1, -0.05) is 32.0 Å². The van der Waals surface area contributed by atoms with Crippen LogP contribution in [-0.4, -0.2) is 29.2 Å². The second-order valence-corrected chi connectivity index (χ2v) is 5.51. The summed E-state index contributed by atoms with van der Waals surface area (Å²) >= 11 is 1.43. The summed E-state index contributed by atoms with van der Waals surface area (Å²) in [7, 11) is 0. The van der Waals surface area contributed by atoms with Crippen molar-refractivity contribution in [3.63, 3.8) is 0 Å². The lowest BCUT2D eigenvalue weighted by Gasteiger charge is -2.18. The van der Waals surface area contributed by atoms with Gasteiger partial charge in [0.1, 0.15) is 5.82 Å². The first-order chi connectivity index (χ1) is 10.2. The highest BCUT2D eigenvalue weighted by Crippen LogP contribution is 2.16. The SMILES string of the molecule is CCN(CC)Cc1cccc(C=NNc2nc(N)cs2)c1. The summed E-state index contributed by atoms with van der Waals surface area (Å²) in [6.45, 7) is 7.44. The quantitative estimate of drug-likeness (QED) is 0.609. The van der Waals surface area contributed by atoms with Gasteiger partial charge in [0.05, 0.1) is 6.21 Å². The second kappa shape index (κ2) is 7.75. The third kappa shape index (κ3) is 4.84. The number of rotatable bonds is 7. The Kier molecular flexibility index (Phi) is 5.71. The monoisotopic (exact) mass is 303 g/mol. The summed E-state index contributed by atoms with van der Waals surface area (Å²) < 4.78 is 0. The van der Waals surface area contributed by atoms with Gasteiger partial charge in [-0.3, -0.25) is 10.3 Å². The van der Waals surface area contributed by atoms with Crippen molar-refractivity contribution in [2.45, 2.75) is 20.4 Å². The van der Waals surface area contributed by atoms with Crippen LogP contribution in [0.4, 0.5) is 10.9 Å². The van der Waals surface area contributed by atoms with Crippen LogP contribution < -0.4 is 11.2 Å². The molecule has 0 aliphatic heterocycles. The number of hydrogen-bond acceptors (Lipinski definition) is 6. The molecule has 0 aliphatic carbocycles. The van der Waals surface area contributed by atoms with E-state index < -0.39 is 0 Å². The number of hydrogen-bond donors (Lipinski definition) is 2. The minimum atomic E-state index is 0.513. The molecule has 0 unspecified atom stereocenters. The molecule has 0 aliphatic rings. The van der Waals surface area contributed by atoms with E-state index in [-0.39, 0.29) is 0 Å². The summed E-state index contributed by atoms with van der Waals surface area (Å²) in [6, 6.07) is 8.39. The lowest BCUT2D eigenvalue weighted by molar-refractivity contribution is 0.296. The lowest BCUT2D eigenvalue weighted by atomic mass is 10.1. The Morgan fingerprint density at radius 2 is 2.19 bits per heavy atom. The van der Waals surface area contributed by atoms with Gasteiger partial charge in [-0.15, -0.1) is 11.3 Å². The molecule has 1 aromatic carbocycles. The van der Waals surface area contributed by atoms with Crippen LogP contribution >= 0.6 is 11.3 Å². The molecular weight excluding hydrogens is 282 g/mol. The third-order valence-corrected chi connectivity index (χ3v) is 3.91. The number of nitrogens with two attached hydrogens (primary N) is 1. The van der Waals surface area contributed by atoms with Crippen LogP contribution in [0.2, 0.25) is 0 Å². The number of anilines is 2. The smallest absolute Gasteiger partial charge is 0.205 e. The Morgan fingerprint density at radius 3 is 2.86 bits per heavy atom. The molecular formula is C15H21N5S. The molecule has 0 amide bonds. The molecule has 1 aromatic heterocycles. The molecule has 2 aromatic rings. The molecule has 2 rings (SSSR count). The van der Waals surface area contributed by atoms with Crippen LogP contribution in [0.3, 0.4) is 0 Å². The third-order valence-electron chi connectivity index (χ3n) is 3.15. The highest BCUT2D eigenvalue weighted by molar-refractivity contribution is 7.14. The fraction of sp³-hybridized carbons (Fsp3) is 0.333.